The van der Waals surface area contributed by atoms with Crippen LogP contribution >= 0.6 is 11.6 Å². The molecule has 3 nitrogen and oxygen atoms in total. The average molecular weight is 266 g/mol. The van der Waals surface area contributed by atoms with E-state index in [0.717, 1.165) is 19.3 Å². The van der Waals surface area contributed by atoms with Crippen LogP contribution in [0, 0.1) is 5.41 Å². The van der Waals surface area contributed by atoms with E-state index in [1.807, 2.05) is 6.92 Å². The van der Waals surface area contributed by atoms with Gasteiger partial charge < -0.3 is 5.32 Å². The van der Waals surface area contributed by atoms with E-state index in [4.69, 9.17) is 11.6 Å². The third-order valence-electron chi connectivity index (χ3n) is 3.59. The number of rotatable bonds is 5. The van der Waals surface area contributed by atoms with Gasteiger partial charge in [-0.15, -0.1) is 0 Å². The lowest BCUT2D eigenvalue weighted by Crippen LogP contribution is -2.23. The largest absolute Gasteiger partial charge is 0.324 e. The van der Waals surface area contributed by atoms with Gasteiger partial charge in [0.05, 0.1) is 17.1 Å². The molecule has 1 N–H and O–H groups in total. The number of hydrogen-bond donors (Lipinski definition) is 1. The van der Waals surface area contributed by atoms with E-state index in [1.165, 1.54) is 0 Å². The first-order valence-electron chi connectivity index (χ1n) is 6.15. The minimum Gasteiger partial charge on any atom is -0.324 e. The molecule has 1 aliphatic rings. The Labute approximate surface area is 112 Å². The number of hydrogen-bond acceptors (Lipinski definition) is 2. The van der Waals surface area contributed by atoms with Crippen molar-refractivity contribution in [1.82, 2.24) is 0 Å². The number of para-hydroxylation sites is 1. The highest BCUT2D eigenvalue weighted by molar-refractivity contribution is 6.33. The molecule has 1 fully saturated rings. The molecule has 0 spiro atoms. The van der Waals surface area contributed by atoms with E-state index in [1.54, 1.807) is 24.3 Å². The summed E-state index contributed by atoms with van der Waals surface area (Å²) in [6, 6.07) is 7.00. The molecule has 1 amide bonds. The molecule has 1 saturated carbocycles. The predicted molar refractivity (Wildman–Crippen MR) is 71.7 cm³/mol. The predicted octanol–water partition coefficient (Wildman–Crippen LogP) is 3.43. The molecule has 1 aliphatic carbocycles. The van der Waals surface area contributed by atoms with E-state index in [9.17, 15) is 9.59 Å². The molecule has 0 aliphatic heterocycles. The maximum absolute atomic E-state index is 12.0. The lowest BCUT2D eigenvalue weighted by molar-refractivity contribution is -0.129. The van der Waals surface area contributed by atoms with Crippen molar-refractivity contribution in [2.24, 2.45) is 5.41 Å². The third-order valence-corrected chi connectivity index (χ3v) is 3.92. The zero-order chi connectivity index (χ0) is 13.2. The Hall–Kier alpha value is -1.35. The van der Waals surface area contributed by atoms with Crippen LogP contribution in [0.4, 0.5) is 5.69 Å². The van der Waals surface area contributed by atoms with Gasteiger partial charge in [-0.2, -0.15) is 0 Å². The van der Waals surface area contributed by atoms with Gasteiger partial charge in [-0.25, -0.2) is 0 Å². The Bertz CT molecular complexity index is 480. The van der Waals surface area contributed by atoms with Gasteiger partial charge in [0.2, 0.25) is 5.91 Å². The summed E-state index contributed by atoms with van der Waals surface area (Å²) in [4.78, 5) is 23.7. The van der Waals surface area contributed by atoms with Crippen LogP contribution in [0.1, 0.15) is 32.6 Å². The molecule has 2 rings (SSSR count). The summed E-state index contributed by atoms with van der Waals surface area (Å²) < 4.78 is 0. The molecule has 0 aromatic heterocycles. The number of benzene rings is 1. The third kappa shape index (κ3) is 2.72. The van der Waals surface area contributed by atoms with E-state index in [2.05, 4.69) is 5.32 Å². The molecule has 18 heavy (non-hydrogen) atoms. The number of anilines is 1. The fraction of sp³-hybridized carbons (Fsp3) is 0.429. The van der Waals surface area contributed by atoms with Crippen molar-refractivity contribution < 1.29 is 9.59 Å². The first-order valence-corrected chi connectivity index (χ1v) is 6.53. The fourth-order valence-electron chi connectivity index (χ4n) is 2.07. The molecule has 0 unspecified atom stereocenters. The fourth-order valence-corrected chi connectivity index (χ4v) is 2.25. The van der Waals surface area contributed by atoms with Crippen LogP contribution in [0.15, 0.2) is 24.3 Å². The van der Waals surface area contributed by atoms with Gasteiger partial charge in [0.15, 0.2) is 0 Å². The highest BCUT2D eigenvalue weighted by Gasteiger charge is 2.47. The smallest absolute Gasteiger partial charge is 0.231 e. The van der Waals surface area contributed by atoms with Gasteiger partial charge in [0.1, 0.15) is 5.78 Å². The molecule has 0 atom stereocenters. The summed E-state index contributed by atoms with van der Waals surface area (Å²) in [5.74, 6) is -0.234. The summed E-state index contributed by atoms with van der Waals surface area (Å²) in [7, 11) is 0. The van der Waals surface area contributed by atoms with Crippen LogP contribution in [0.5, 0.6) is 0 Å². The van der Waals surface area contributed by atoms with Crippen molar-refractivity contribution in [2.45, 2.75) is 32.6 Å². The first kappa shape index (κ1) is 13.1. The Morgan fingerprint density at radius 3 is 2.56 bits per heavy atom. The van der Waals surface area contributed by atoms with Crippen LogP contribution in [0.3, 0.4) is 0 Å². The molecule has 0 radical (unpaired) electrons. The summed E-state index contributed by atoms with van der Waals surface area (Å²) in [6.07, 6.45) is 2.60. The molecule has 0 bridgehead atoms. The van der Waals surface area contributed by atoms with E-state index in [-0.39, 0.29) is 23.5 Å². The number of halogens is 1. The Balaban J connectivity index is 1.94. The minimum absolute atomic E-state index is 0.0505. The SMILES string of the molecule is CCC1(C(=O)CC(=O)Nc2ccccc2Cl)CC1. The van der Waals surface area contributed by atoms with Gasteiger partial charge >= 0.3 is 0 Å². The van der Waals surface area contributed by atoms with Gasteiger partial charge in [-0.3, -0.25) is 9.59 Å². The Morgan fingerprint density at radius 1 is 1.33 bits per heavy atom. The van der Waals surface area contributed by atoms with Crippen molar-refractivity contribution in [1.29, 1.82) is 0 Å². The van der Waals surface area contributed by atoms with Gasteiger partial charge in [-0.1, -0.05) is 30.7 Å². The van der Waals surface area contributed by atoms with E-state index >= 15 is 0 Å². The Morgan fingerprint density at radius 2 is 2.00 bits per heavy atom. The van der Waals surface area contributed by atoms with Crippen molar-refractivity contribution in [3.05, 3.63) is 29.3 Å². The summed E-state index contributed by atoms with van der Waals surface area (Å²) in [5.41, 5.74) is 0.343. The lowest BCUT2D eigenvalue weighted by atomic mass is 9.95. The van der Waals surface area contributed by atoms with Gasteiger partial charge in [0.25, 0.3) is 0 Å². The Kier molecular flexibility index (Phi) is 3.71. The first-order chi connectivity index (χ1) is 8.57. The standard InChI is InChI=1S/C14H16ClNO2/c1-2-14(7-8-14)12(17)9-13(18)16-11-6-4-3-5-10(11)15/h3-6H,2,7-9H2,1H3,(H,16,18). The molecule has 0 saturated heterocycles. The highest BCUT2D eigenvalue weighted by atomic mass is 35.5. The van der Waals surface area contributed by atoms with Gasteiger partial charge in [-0.05, 0) is 31.4 Å². The van der Waals surface area contributed by atoms with Crippen LogP contribution in [-0.4, -0.2) is 11.7 Å². The molecule has 1 aromatic rings. The summed E-state index contributed by atoms with van der Waals surface area (Å²) >= 11 is 5.93. The van der Waals surface area contributed by atoms with E-state index in [0.29, 0.717) is 10.7 Å². The quantitative estimate of drug-likeness (QED) is 0.829. The second-order valence-corrected chi connectivity index (χ2v) is 5.17. The van der Waals surface area contributed by atoms with E-state index < -0.39 is 0 Å². The normalized spacial score (nSPS) is 16.1. The zero-order valence-corrected chi connectivity index (χ0v) is 11.1. The zero-order valence-electron chi connectivity index (χ0n) is 10.3. The summed E-state index contributed by atoms with van der Waals surface area (Å²) in [5, 5.41) is 3.15. The second kappa shape index (κ2) is 5.11. The van der Waals surface area contributed by atoms with Crippen molar-refractivity contribution >= 4 is 29.0 Å². The number of Topliss-reactive ketones (excluding diaryl/α,β-unsaturated/α-hetero) is 1. The number of carbonyl (C=O) groups is 2. The molecule has 0 heterocycles. The van der Waals surface area contributed by atoms with Crippen LogP contribution in [0.2, 0.25) is 5.02 Å². The maximum Gasteiger partial charge on any atom is 0.231 e. The lowest BCUT2D eigenvalue weighted by Gasteiger charge is -2.11. The molecule has 96 valence electrons. The minimum atomic E-state index is -0.284. The number of amides is 1. The molecule has 1 aromatic carbocycles. The second-order valence-electron chi connectivity index (χ2n) is 4.76. The molecular weight excluding hydrogens is 250 g/mol. The van der Waals surface area contributed by atoms with Crippen LogP contribution in [-0.2, 0) is 9.59 Å². The monoisotopic (exact) mass is 265 g/mol. The van der Waals surface area contributed by atoms with Crippen molar-refractivity contribution in [3.8, 4) is 0 Å². The summed E-state index contributed by atoms with van der Waals surface area (Å²) in [6.45, 7) is 2.00. The number of ketones is 1. The topological polar surface area (TPSA) is 46.2 Å². The van der Waals surface area contributed by atoms with Crippen LogP contribution < -0.4 is 5.32 Å². The van der Waals surface area contributed by atoms with Gasteiger partial charge in [0, 0.05) is 5.41 Å². The maximum atomic E-state index is 12.0. The average Bonchev–Trinajstić information content (AvgIpc) is 3.13. The molecular formula is C14H16ClNO2. The van der Waals surface area contributed by atoms with Crippen LogP contribution in [0.25, 0.3) is 0 Å². The van der Waals surface area contributed by atoms with Crippen molar-refractivity contribution in [3.63, 3.8) is 0 Å². The highest BCUT2D eigenvalue weighted by Crippen LogP contribution is 2.50. The molecule has 4 heteroatoms. The number of nitrogens with one attached hydrogen (secondary N) is 1. The van der Waals surface area contributed by atoms with Crippen molar-refractivity contribution in [2.75, 3.05) is 5.32 Å². The number of carbonyl (C=O) groups excluding carboxylic acids is 2.